The summed E-state index contributed by atoms with van der Waals surface area (Å²) in [4.78, 5) is 17.4. The summed E-state index contributed by atoms with van der Waals surface area (Å²) in [7, 11) is 1.56. The Morgan fingerprint density at radius 3 is 2.69 bits per heavy atom. The number of ether oxygens (including phenoxy) is 1. The van der Waals surface area contributed by atoms with Crippen LogP contribution in [0.1, 0.15) is 21.7 Å². The summed E-state index contributed by atoms with van der Waals surface area (Å²) >= 11 is 3.53. The number of nitrogens with zero attached hydrogens (tertiary/aromatic N) is 2. The molecule has 0 spiro atoms. The fraction of sp³-hybridized carbons (Fsp3) is 0.130. The second-order valence-corrected chi connectivity index (χ2v) is 7.53. The number of fused-ring (bicyclic) bond motifs is 1. The fourth-order valence-electron chi connectivity index (χ4n) is 3.34. The molecule has 0 aliphatic rings. The first-order chi connectivity index (χ1) is 14.2. The lowest BCUT2D eigenvalue weighted by molar-refractivity contribution is 0.0946. The number of methoxy groups -OCH3 is 1. The lowest BCUT2D eigenvalue weighted by atomic mass is 10.2. The molecule has 5 nitrogen and oxygen atoms in total. The maximum absolute atomic E-state index is 12.7. The molecule has 0 atom stereocenters. The van der Waals surface area contributed by atoms with E-state index in [1.165, 1.54) is 0 Å². The first-order valence-electron chi connectivity index (χ1n) is 9.25. The molecular formula is C23H20BrN3O2. The molecule has 146 valence electrons. The quantitative estimate of drug-likeness (QED) is 0.460. The first-order valence-corrected chi connectivity index (χ1v) is 10.0. The number of halogens is 1. The van der Waals surface area contributed by atoms with E-state index >= 15 is 0 Å². The van der Waals surface area contributed by atoms with Crippen LogP contribution in [0.2, 0.25) is 0 Å². The predicted octanol–water partition coefficient (Wildman–Crippen LogP) is 4.79. The van der Waals surface area contributed by atoms with Crippen molar-refractivity contribution in [1.29, 1.82) is 0 Å². The lowest BCUT2D eigenvalue weighted by Gasteiger charge is -2.12. The molecule has 0 saturated carbocycles. The van der Waals surface area contributed by atoms with Crippen molar-refractivity contribution >= 4 is 32.9 Å². The highest BCUT2D eigenvalue weighted by Crippen LogP contribution is 2.21. The standard InChI is InChI=1S/C23H20BrN3O2/c1-29-21-12-5-2-9-18(21)23(28)25-14-22-26-19-10-3-4-11-20(19)27(22)15-16-7-6-8-17(24)13-16/h2-13H,14-15H2,1H3,(H,25,28). The summed E-state index contributed by atoms with van der Waals surface area (Å²) in [6, 6.07) is 23.4. The Bertz CT molecular complexity index is 1170. The monoisotopic (exact) mass is 449 g/mol. The average molecular weight is 450 g/mol. The number of para-hydroxylation sites is 3. The molecule has 1 heterocycles. The van der Waals surface area contributed by atoms with Crippen LogP contribution in [0.3, 0.4) is 0 Å². The summed E-state index contributed by atoms with van der Waals surface area (Å²) in [6.45, 7) is 0.985. The molecular weight excluding hydrogens is 430 g/mol. The van der Waals surface area contributed by atoms with Gasteiger partial charge in [-0.1, -0.05) is 52.3 Å². The number of imidazole rings is 1. The van der Waals surface area contributed by atoms with Gasteiger partial charge in [-0.25, -0.2) is 4.98 Å². The summed E-state index contributed by atoms with van der Waals surface area (Å²) in [6.07, 6.45) is 0. The van der Waals surface area contributed by atoms with Gasteiger partial charge in [-0.2, -0.15) is 0 Å². The summed E-state index contributed by atoms with van der Waals surface area (Å²) < 4.78 is 8.47. The van der Waals surface area contributed by atoms with E-state index in [9.17, 15) is 4.79 Å². The van der Waals surface area contributed by atoms with Crippen LogP contribution in [-0.4, -0.2) is 22.6 Å². The van der Waals surface area contributed by atoms with E-state index in [0.717, 1.165) is 26.9 Å². The highest BCUT2D eigenvalue weighted by molar-refractivity contribution is 9.10. The lowest BCUT2D eigenvalue weighted by Crippen LogP contribution is -2.25. The van der Waals surface area contributed by atoms with Gasteiger partial charge in [0, 0.05) is 11.0 Å². The zero-order valence-corrected chi connectivity index (χ0v) is 17.5. The summed E-state index contributed by atoms with van der Waals surface area (Å²) in [5.41, 5.74) is 3.60. The van der Waals surface area contributed by atoms with Crippen LogP contribution in [0.25, 0.3) is 11.0 Å². The Morgan fingerprint density at radius 2 is 1.86 bits per heavy atom. The van der Waals surface area contributed by atoms with Gasteiger partial charge in [0.15, 0.2) is 0 Å². The van der Waals surface area contributed by atoms with Gasteiger partial charge in [-0.05, 0) is 42.0 Å². The van der Waals surface area contributed by atoms with Crippen LogP contribution >= 0.6 is 15.9 Å². The second kappa shape index (κ2) is 8.49. The van der Waals surface area contributed by atoms with Gasteiger partial charge in [-0.15, -0.1) is 0 Å². The van der Waals surface area contributed by atoms with Gasteiger partial charge in [0.2, 0.25) is 0 Å². The van der Waals surface area contributed by atoms with Gasteiger partial charge in [0.1, 0.15) is 11.6 Å². The molecule has 29 heavy (non-hydrogen) atoms. The molecule has 0 aliphatic heterocycles. The van der Waals surface area contributed by atoms with Crippen LogP contribution in [-0.2, 0) is 13.1 Å². The van der Waals surface area contributed by atoms with Crippen LogP contribution in [0.15, 0.2) is 77.3 Å². The van der Waals surface area contributed by atoms with Crippen LogP contribution < -0.4 is 10.1 Å². The third-order valence-electron chi connectivity index (χ3n) is 4.72. The van der Waals surface area contributed by atoms with Crippen molar-refractivity contribution in [1.82, 2.24) is 14.9 Å². The Hall–Kier alpha value is -3.12. The number of benzene rings is 3. The average Bonchev–Trinajstić information content (AvgIpc) is 3.09. The number of hydrogen-bond acceptors (Lipinski definition) is 3. The van der Waals surface area contributed by atoms with Crippen LogP contribution in [0.5, 0.6) is 5.75 Å². The zero-order chi connectivity index (χ0) is 20.2. The Morgan fingerprint density at radius 1 is 1.07 bits per heavy atom. The van der Waals surface area contributed by atoms with Crippen LogP contribution in [0.4, 0.5) is 0 Å². The molecule has 6 heteroatoms. The van der Waals surface area contributed by atoms with Crippen molar-refractivity contribution in [2.75, 3.05) is 7.11 Å². The molecule has 4 aromatic rings. The number of hydrogen-bond donors (Lipinski definition) is 1. The van der Waals surface area contributed by atoms with E-state index in [1.807, 2.05) is 48.5 Å². The van der Waals surface area contributed by atoms with Gasteiger partial charge >= 0.3 is 0 Å². The number of rotatable bonds is 6. The van der Waals surface area contributed by atoms with Crippen molar-refractivity contribution in [3.63, 3.8) is 0 Å². The highest BCUT2D eigenvalue weighted by atomic mass is 79.9. The number of carbonyl (C=O) groups excluding carboxylic acids is 1. The molecule has 1 aromatic heterocycles. The fourth-order valence-corrected chi connectivity index (χ4v) is 3.79. The molecule has 1 N–H and O–H groups in total. The molecule has 4 rings (SSSR count). The van der Waals surface area contributed by atoms with E-state index in [4.69, 9.17) is 9.72 Å². The Kier molecular flexibility index (Phi) is 5.62. The minimum atomic E-state index is -0.191. The maximum Gasteiger partial charge on any atom is 0.255 e. The van der Waals surface area contributed by atoms with Crippen molar-refractivity contribution in [3.05, 3.63) is 94.2 Å². The van der Waals surface area contributed by atoms with Gasteiger partial charge in [0.05, 0.1) is 30.3 Å². The molecule has 0 aliphatic carbocycles. The third kappa shape index (κ3) is 4.17. The van der Waals surface area contributed by atoms with E-state index in [-0.39, 0.29) is 5.91 Å². The minimum absolute atomic E-state index is 0.191. The molecule has 3 aromatic carbocycles. The van der Waals surface area contributed by atoms with Gasteiger partial charge in [-0.3, -0.25) is 4.79 Å². The molecule has 1 amide bonds. The van der Waals surface area contributed by atoms with Crippen LogP contribution in [0, 0.1) is 0 Å². The maximum atomic E-state index is 12.7. The van der Waals surface area contributed by atoms with E-state index < -0.39 is 0 Å². The summed E-state index contributed by atoms with van der Waals surface area (Å²) in [5.74, 6) is 1.16. The number of aromatic nitrogens is 2. The van der Waals surface area contributed by atoms with Crippen molar-refractivity contribution in [2.45, 2.75) is 13.1 Å². The SMILES string of the molecule is COc1ccccc1C(=O)NCc1nc2ccccc2n1Cc1cccc(Br)c1. The summed E-state index contributed by atoms with van der Waals surface area (Å²) in [5, 5.41) is 2.98. The molecule has 0 fully saturated rings. The third-order valence-corrected chi connectivity index (χ3v) is 5.22. The van der Waals surface area contributed by atoms with Crippen molar-refractivity contribution in [3.8, 4) is 5.75 Å². The second-order valence-electron chi connectivity index (χ2n) is 6.62. The normalized spacial score (nSPS) is 10.8. The molecule has 0 unspecified atom stereocenters. The van der Waals surface area contributed by atoms with Gasteiger partial charge < -0.3 is 14.6 Å². The van der Waals surface area contributed by atoms with Crippen molar-refractivity contribution in [2.24, 2.45) is 0 Å². The largest absolute Gasteiger partial charge is 0.496 e. The Labute approximate surface area is 177 Å². The molecule has 0 bridgehead atoms. The molecule has 0 saturated heterocycles. The zero-order valence-electron chi connectivity index (χ0n) is 15.9. The molecule has 0 radical (unpaired) electrons. The topological polar surface area (TPSA) is 56.1 Å². The minimum Gasteiger partial charge on any atom is -0.496 e. The van der Waals surface area contributed by atoms with Crippen molar-refractivity contribution < 1.29 is 9.53 Å². The number of carbonyl (C=O) groups is 1. The highest BCUT2D eigenvalue weighted by Gasteiger charge is 2.15. The van der Waals surface area contributed by atoms with Gasteiger partial charge in [0.25, 0.3) is 5.91 Å². The first kappa shape index (κ1) is 19.2. The van der Waals surface area contributed by atoms with E-state index in [1.54, 1.807) is 19.2 Å². The number of nitrogens with one attached hydrogen (secondary N) is 1. The smallest absolute Gasteiger partial charge is 0.255 e. The number of amides is 1. The van der Waals surface area contributed by atoms with E-state index in [2.05, 4.69) is 37.9 Å². The predicted molar refractivity (Wildman–Crippen MR) is 117 cm³/mol. The Balaban J connectivity index is 1.62. The van der Waals surface area contributed by atoms with E-state index in [0.29, 0.717) is 24.4 Å².